The molecule has 1 heterocycles. The molecule has 4 heteroatoms. The molecule has 0 aromatic heterocycles. The minimum atomic E-state index is -0.434. The van der Waals surface area contributed by atoms with Crippen LogP contribution in [0.4, 0.5) is 4.79 Å². The lowest BCUT2D eigenvalue weighted by Gasteiger charge is -2.34. The van der Waals surface area contributed by atoms with E-state index in [9.17, 15) is 9.59 Å². The van der Waals surface area contributed by atoms with Crippen molar-refractivity contribution in [2.24, 2.45) is 11.8 Å². The number of amides is 1. The Hall–Kier alpha value is -1.06. The maximum atomic E-state index is 12.0. The second-order valence-corrected chi connectivity index (χ2v) is 6.63. The Labute approximate surface area is 116 Å². The number of nitrogens with zero attached hydrogens (tertiary/aromatic N) is 1. The number of carbonyl (C=O) groups excluding carboxylic acids is 2. The smallest absolute Gasteiger partial charge is 0.410 e. The third kappa shape index (κ3) is 6.08. The predicted octanol–water partition coefficient (Wildman–Crippen LogP) is 3.25. The zero-order valence-corrected chi connectivity index (χ0v) is 12.6. The third-order valence-electron chi connectivity index (χ3n) is 3.43. The summed E-state index contributed by atoms with van der Waals surface area (Å²) in [4.78, 5) is 24.4. The highest BCUT2D eigenvalue weighted by Crippen LogP contribution is 2.24. The van der Waals surface area contributed by atoms with Crippen LogP contribution in [0.3, 0.4) is 0 Å². The van der Waals surface area contributed by atoms with Crippen LogP contribution in [0, 0.1) is 11.8 Å². The van der Waals surface area contributed by atoms with Crippen LogP contribution < -0.4 is 0 Å². The summed E-state index contributed by atoms with van der Waals surface area (Å²) in [6.45, 7) is 9.16. The van der Waals surface area contributed by atoms with E-state index >= 15 is 0 Å². The van der Waals surface area contributed by atoms with E-state index < -0.39 is 5.60 Å². The Kier molecular flexibility index (Phi) is 5.83. The Morgan fingerprint density at radius 3 is 2.74 bits per heavy atom. The van der Waals surface area contributed by atoms with E-state index in [2.05, 4.69) is 0 Å². The van der Waals surface area contributed by atoms with E-state index in [1.54, 1.807) is 0 Å². The highest BCUT2D eigenvalue weighted by atomic mass is 16.6. The molecular formula is C15H27NO3. The van der Waals surface area contributed by atoms with Gasteiger partial charge in [0.2, 0.25) is 0 Å². The number of hydrogen-bond donors (Lipinski definition) is 0. The van der Waals surface area contributed by atoms with Crippen molar-refractivity contribution in [2.45, 2.75) is 59.0 Å². The standard InChI is InChI=1S/C15H27NO3/c1-12(11-17)7-8-13-6-5-9-16(10-13)14(18)19-15(2,3)4/h11-13H,5-10H2,1-4H3. The van der Waals surface area contributed by atoms with Crippen LogP contribution in [0.2, 0.25) is 0 Å². The van der Waals surface area contributed by atoms with Crippen LogP contribution in [0.1, 0.15) is 53.4 Å². The molecule has 0 radical (unpaired) electrons. The lowest BCUT2D eigenvalue weighted by Crippen LogP contribution is -2.42. The van der Waals surface area contributed by atoms with Gasteiger partial charge >= 0.3 is 6.09 Å². The van der Waals surface area contributed by atoms with E-state index in [1.165, 1.54) is 0 Å². The fraction of sp³-hybridized carbons (Fsp3) is 0.867. The second-order valence-electron chi connectivity index (χ2n) is 6.63. The molecule has 1 aliphatic heterocycles. The number of likely N-dealkylation sites (tertiary alicyclic amines) is 1. The maximum absolute atomic E-state index is 12.0. The molecule has 0 bridgehead atoms. The van der Waals surface area contributed by atoms with Crippen molar-refractivity contribution < 1.29 is 14.3 Å². The number of hydrogen-bond acceptors (Lipinski definition) is 3. The summed E-state index contributed by atoms with van der Waals surface area (Å²) in [6, 6.07) is 0. The number of piperidine rings is 1. The van der Waals surface area contributed by atoms with Gasteiger partial charge < -0.3 is 14.4 Å². The summed E-state index contributed by atoms with van der Waals surface area (Å²) in [5.41, 5.74) is -0.434. The van der Waals surface area contributed by atoms with Crippen LogP contribution >= 0.6 is 0 Å². The normalized spacial score (nSPS) is 21.9. The first-order valence-electron chi connectivity index (χ1n) is 7.25. The van der Waals surface area contributed by atoms with Gasteiger partial charge in [0.05, 0.1) is 0 Å². The summed E-state index contributed by atoms with van der Waals surface area (Å²) < 4.78 is 5.40. The molecule has 0 aromatic carbocycles. The highest BCUT2D eigenvalue weighted by molar-refractivity contribution is 5.68. The van der Waals surface area contributed by atoms with Gasteiger partial charge in [-0.05, 0) is 52.4 Å². The Bertz CT molecular complexity index is 309. The van der Waals surface area contributed by atoms with Crippen LogP contribution in [0.25, 0.3) is 0 Å². The van der Waals surface area contributed by atoms with Crippen molar-refractivity contribution in [1.29, 1.82) is 0 Å². The van der Waals surface area contributed by atoms with Crippen molar-refractivity contribution in [3.05, 3.63) is 0 Å². The van der Waals surface area contributed by atoms with Gasteiger partial charge in [-0.3, -0.25) is 0 Å². The van der Waals surface area contributed by atoms with Gasteiger partial charge in [0, 0.05) is 19.0 Å². The first-order chi connectivity index (χ1) is 8.81. The van der Waals surface area contributed by atoms with Gasteiger partial charge in [0.15, 0.2) is 0 Å². The molecule has 110 valence electrons. The van der Waals surface area contributed by atoms with Crippen LogP contribution in [0.15, 0.2) is 0 Å². The van der Waals surface area contributed by atoms with Gasteiger partial charge in [-0.2, -0.15) is 0 Å². The van der Waals surface area contributed by atoms with Gasteiger partial charge in [0.1, 0.15) is 11.9 Å². The molecule has 4 nitrogen and oxygen atoms in total. The van der Waals surface area contributed by atoms with E-state index in [0.717, 1.165) is 45.1 Å². The van der Waals surface area contributed by atoms with Crippen molar-refractivity contribution in [2.75, 3.05) is 13.1 Å². The van der Waals surface area contributed by atoms with Gasteiger partial charge in [-0.1, -0.05) is 6.92 Å². The first-order valence-corrected chi connectivity index (χ1v) is 7.25. The minimum absolute atomic E-state index is 0.122. The van der Waals surface area contributed by atoms with Crippen LogP contribution in [-0.4, -0.2) is 36.0 Å². The van der Waals surface area contributed by atoms with Crippen molar-refractivity contribution in [3.63, 3.8) is 0 Å². The lowest BCUT2D eigenvalue weighted by molar-refractivity contribution is -0.110. The quantitative estimate of drug-likeness (QED) is 0.736. The van der Waals surface area contributed by atoms with E-state index in [4.69, 9.17) is 4.74 Å². The molecule has 19 heavy (non-hydrogen) atoms. The first kappa shape index (κ1) is 16.0. The molecule has 0 N–H and O–H groups in total. The maximum Gasteiger partial charge on any atom is 0.410 e. The van der Waals surface area contributed by atoms with Gasteiger partial charge in [0.25, 0.3) is 0 Å². The zero-order valence-electron chi connectivity index (χ0n) is 12.6. The van der Waals surface area contributed by atoms with Crippen molar-refractivity contribution in [3.8, 4) is 0 Å². The SMILES string of the molecule is CC(C=O)CCC1CCCN(C(=O)OC(C)(C)C)C1. The van der Waals surface area contributed by atoms with Crippen molar-refractivity contribution in [1.82, 2.24) is 4.90 Å². The average Bonchev–Trinajstić information content (AvgIpc) is 2.34. The number of carbonyl (C=O) groups is 2. The fourth-order valence-corrected chi connectivity index (χ4v) is 2.36. The number of ether oxygens (including phenoxy) is 1. The topological polar surface area (TPSA) is 46.6 Å². The predicted molar refractivity (Wildman–Crippen MR) is 75.0 cm³/mol. The lowest BCUT2D eigenvalue weighted by atomic mass is 9.91. The molecule has 1 saturated heterocycles. The molecule has 0 aromatic rings. The summed E-state index contributed by atoms with van der Waals surface area (Å²) in [6.07, 6.45) is 4.90. The van der Waals surface area contributed by atoms with Crippen molar-refractivity contribution >= 4 is 12.4 Å². The Morgan fingerprint density at radius 2 is 2.16 bits per heavy atom. The molecule has 0 spiro atoms. The van der Waals surface area contributed by atoms with E-state index in [1.807, 2.05) is 32.6 Å². The molecule has 0 saturated carbocycles. The summed E-state index contributed by atoms with van der Waals surface area (Å²) in [5, 5.41) is 0. The highest BCUT2D eigenvalue weighted by Gasteiger charge is 2.27. The molecule has 1 aliphatic rings. The number of rotatable bonds is 4. The summed E-state index contributed by atoms with van der Waals surface area (Å²) in [5.74, 6) is 0.626. The van der Waals surface area contributed by atoms with Crippen LogP contribution in [0.5, 0.6) is 0 Å². The van der Waals surface area contributed by atoms with Crippen LogP contribution in [-0.2, 0) is 9.53 Å². The summed E-state index contributed by atoms with van der Waals surface area (Å²) in [7, 11) is 0. The molecule has 1 rings (SSSR count). The van der Waals surface area contributed by atoms with Gasteiger partial charge in [-0.15, -0.1) is 0 Å². The molecule has 1 amide bonds. The van der Waals surface area contributed by atoms with Gasteiger partial charge in [-0.25, -0.2) is 4.79 Å². The average molecular weight is 269 g/mol. The summed E-state index contributed by atoms with van der Waals surface area (Å²) >= 11 is 0. The Morgan fingerprint density at radius 1 is 1.47 bits per heavy atom. The largest absolute Gasteiger partial charge is 0.444 e. The van der Waals surface area contributed by atoms with E-state index in [-0.39, 0.29) is 12.0 Å². The fourth-order valence-electron chi connectivity index (χ4n) is 2.36. The Balaban J connectivity index is 2.41. The molecule has 0 aliphatic carbocycles. The zero-order chi connectivity index (χ0) is 14.5. The molecule has 1 fully saturated rings. The second kappa shape index (κ2) is 6.92. The molecule has 2 unspecified atom stereocenters. The monoisotopic (exact) mass is 269 g/mol. The molecule has 2 atom stereocenters. The van der Waals surface area contributed by atoms with E-state index in [0.29, 0.717) is 5.92 Å². The minimum Gasteiger partial charge on any atom is -0.444 e. The molecular weight excluding hydrogens is 242 g/mol. The third-order valence-corrected chi connectivity index (χ3v) is 3.43. The number of aldehydes is 1.